The van der Waals surface area contributed by atoms with Crippen molar-refractivity contribution in [1.29, 1.82) is 5.26 Å². The zero-order valence-electron chi connectivity index (χ0n) is 28.2. The molecule has 0 saturated heterocycles. The fraction of sp³-hybridized carbons (Fsp3) is 0.410. The number of carbonyl (C=O) groups is 2. The molecule has 2 N–H and O–H groups in total. The van der Waals surface area contributed by atoms with Gasteiger partial charge >= 0.3 is 0 Å². The van der Waals surface area contributed by atoms with Gasteiger partial charge in [-0.25, -0.2) is 4.39 Å². The molecule has 1 amide bonds. The Morgan fingerprint density at radius 2 is 1.74 bits per heavy atom. The Bertz CT molecular complexity index is 1600. The molecule has 2 atom stereocenters. The van der Waals surface area contributed by atoms with Crippen LogP contribution in [0.4, 0.5) is 14.5 Å². The molecule has 2 unspecified atom stereocenters. The van der Waals surface area contributed by atoms with Gasteiger partial charge in [0.15, 0.2) is 5.78 Å². The normalized spacial score (nSPS) is 14.9. The van der Waals surface area contributed by atoms with Crippen LogP contribution in [0.3, 0.4) is 0 Å². The second-order valence-electron chi connectivity index (χ2n) is 12.0. The molecule has 7 heteroatoms. The van der Waals surface area contributed by atoms with Crippen LogP contribution in [0.1, 0.15) is 94.3 Å². The minimum Gasteiger partial charge on any atom is -0.384 e. The number of nitrogens with one attached hydrogen (secondary N) is 2. The number of aryl methyl sites for hydroxylation is 1. The Morgan fingerprint density at radius 3 is 2.30 bits per heavy atom. The van der Waals surface area contributed by atoms with Gasteiger partial charge in [-0.1, -0.05) is 52.0 Å². The lowest BCUT2D eigenvalue weighted by Gasteiger charge is -2.24. The van der Waals surface area contributed by atoms with E-state index in [0.717, 1.165) is 58.3 Å². The Hall–Kier alpha value is -4.31. The Kier molecular flexibility index (Phi) is 12.8. The Labute approximate surface area is 273 Å². The summed E-state index contributed by atoms with van der Waals surface area (Å²) in [5, 5.41) is 16.0. The number of nitriles is 1. The van der Waals surface area contributed by atoms with Crippen molar-refractivity contribution in [2.75, 3.05) is 18.5 Å². The standard InChI is InChI=1S/C37H41F2N3O2.C2H6/c1-6-23(2)34(26-11-15-30(39)16-12-26)35(25(4)43)31-21-32(33(19-24(31)3)41-18-8-17-38)27-9-7-10-28(20-27)36(44)42-37(5,22-40)29-13-14-29;1-2/h7,9-12,15-16,19-21,23,29,41H,6,8,13-14,17-18H2,1-5H3,(H,42,44);1-2H3/b35-34+;. The van der Waals surface area contributed by atoms with Gasteiger partial charge in [0.2, 0.25) is 0 Å². The van der Waals surface area contributed by atoms with E-state index in [1.165, 1.54) is 12.1 Å². The second-order valence-corrected chi connectivity index (χ2v) is 12.0. The summed E-state index contributed by atoms with van der Waals surface area (Å²) >= 11 is 0. The van der Waals surface area contributed by atoms with Gasteiger partial charge in [0.1, 0.15) is 11.4 Å². The molecular formula is C39H47F2N3O2. The number of hydrogen-bond donors (Lipinski definition) is 2. The molecule has 1 fully saturated rings. The number of carbonyl (C=O) groups excluding carboxylic acids is 2. The van der Waals surface area contributed by atoms with Gasteiger partial charge in [-0.15, -0.1) is 0 Å². The number of alkyl halides is 1. The van der Waals surface area contributed by atoms with Crippen molar-refractivity contribution in [2.45, 2.75) is 79.7 Å². The molecule has 0 aromatic heterocycles. The highest BCUT2D eigenvalue weighted by Crippen LogP contribution is 2.41. The van der Waals surface area contributed by atoms with E-state index >= 15 is 0 Å². The maximum Gasteiger partial charge on any atom is 0.252 e. The van der Waals surface area contributed by atoms with Crippen LogP contribution >= 0.6 is 0 Å². The molecule has 0 heterocycles. The van der Waals surface area contributed by atoms with Gasteiger partial charge in [-0.05, 0) is 123 Å². The van der Waals surface area contributed by atoms with Crippen molar-refractivity contribution in [1.82, 2.24) is 5.32 Å². The Balaban J connectivity index is 0.00000282. The maximum absolute atomic E-state index is 13.9. The van der Waals surface area contributed by atoms with Crippen LogP contribution in [0, 0.1) is 35.9 Å². The van der Waals surface area contributed by atoms with Crippen molar-refractivity contribution in [3.63, 3.8) is 0 Å². The highest BCUT2D eigenvalue weighted by molar-refractivity contribution is 6.27. The van der Waals surface area contributed by atoms with Gasteiger partial charge in [0.05, 0.1) is 12.7 Å². The number of rotatable bonds is 13. The number of allylic oxidation sites excluding steroid dienone is 2. The number of Topliss-reactive ketones (excluding diaryl/α,β-unsaturated/α-hetero) is 1. The molecule has 1 aliphatic carbocycles. The zero-order valence-corrected chi connectivity index (χ0v) is 28.2. The molecule has 1 aliphatic rings. The summed E-state index contributed by atoms with van der Waals surface area (Å²) in [6.07, 6.45) is 2.93. The summed E-state index contributed by atoms with van der Waals surface area (Å²) < 4.78 is 26.9. The zero-order chi connectivity index (χ0) is 34.0. The lowest BCUT2D eigenvalue weighted by Crippen LogP contribution is -2.46. The van der Waals surface area contributed by atoms with E-state index in [-0.39, 0.29) is 29.3 Å². The Morgan fingerprint density at radius 1 is 1.07 bits per heavy atom. The summed E-state index contributed by atoms with van der Waals surface area (Å²) in [4.78, 5) is 26.8. The molecule has 5 nitrogen and oxygen atoms in total. The third-order valence-electron chi connectivity index (χ3n) is 8.58. The molecule has 1 saturated carbocycles. The number of benzene rings is 3. The van der Waals surface area contributed by atoms with Crippen molar-refractivity contribution in [2.24, 2.45) is 11.8 Å². The van der Waals surface area contributed by atoms with Crippen LogP contribution in [0.2, 0.25) is 0 Å². The van der Waals surface area contributed by atoms with Gasteiger partial charge in [-0.2, -0.15) is 5.26 Å². The highest BCUT2D eigenvalue weighted by atomic mass is 19.1. The van der Waals surface area contributed by atoms with E-state index in [9.17, 15) is 23.6 Å². The average molecular weight is 628 g/mol. The van der Waals surface area contributed by atoms with Crippen molar-refractivity contribution >= 4 is 28.5 Å². The lowest BCUT2D eigenvalue weighted by atomic mass is 9.81. The summed E-state index contributed by atoms with van der Waals surface area (Å²) in [6, 6.07) is 19.6. The molecule has 244 valence electrons. The first-order valence-corrected chi connectivity index (χ1v) is 16.3. The molecule has 3 aromatic carbocycles. The average Bonchev–Trinajstić information content (AvgIpc) is 3.92. The van der Waals surface area contributed by atoms with Crippen LogP contribution < -0.4 is 10.6 Å². The van der Waals surface area contributed by atoms with Crippen molar-refractivity contribution in [3.05, 3.63) is 88.7 Å². The molecule has 0 spiro atoms. The number of halogens is 2. The molecule has 0 aliphatic heterocycles. The predicted octanol–water partition coefficient (Wildman–Crippen LogP) is 9.57. The van der Waals surface area contributed by atoms with E-state index < -0.39 is 12.2 Å². The van der Waals surface area contributed by atoms with Gasteiger partial charge in [0, 0.05) is 28.9 Å². The first-order valence-electron chi connectivity index (χ1n) is 16.3. The molecule has 3 aromatic rings. The number of ketones is 1. The summed E-state index contributed by atoms with van der Waals surface area (Å²) in [5.41, 5.74) is 5.51. The smallest absolute Gasteiger partial charge is 0.252 e. The first kappa shape index (κ1) is 36.2. The van der Waals surface area contributed by atoms with E-state index in [4.69, 9.17) is 0 Å². The fourth-order valence-electron chi connectivity index (χ4n) is 5.70. The largest absolute Gasteiger partial charge is 0.384 e. The highest BCUT2D eigenvalue weighted by Gasteiger charge is 2.43. The lowest BCUT2D eigenvalue weighted by molar-refractivity contribution is -0.111. The summed E-state index contributed by atoms with van der Waals surface area (Å²) in [6.45, 7) is 13.3. The number of amides is 1. The summed E-state index contributed by atoms with van der Waals surface area (Å²) in [7, 11) is 0. The summed E-state index contributed by atoms with van der Waals surface area (Å²) in [5.74, 6) is -0.636. The predicted molar refractivity (Wildman–Crippen MR) is 185 cm³/mol. The minimum absolute atomic E-state index is 0.0116. The van der Waals surface area contributed by atoms with Gasteiger partial charge in [0.25, 0.3) is 5.91 Å². The topological polar surface area (TPSA) is 82.0 Å². The fourth-order valence-corrected chi connectivity index (χ4v) is 5.70. The third-order valence-corrected chi connectivity index (χ3v) is 8.58. The third kappa shape index (κ3) is 8.48. The van der Waals surface area contributed by atoms with E-state index in [1.807, 2.05) is 39.0 Å². The number of hydrogen-bond acceptors (Lipinski definition) is 4. The van der Waals surface area contributed by atoms with Crippen LogP contribution in [0.15, 0.2) is 60.7 Å². The van der Waals surface area contributed by atoms with Crippen LogP contribution in [-0.2, 0) is 4.79 Å². The number of anilines is 1. The molecule has 0 radical (unpaired) electrons. The molecular weight excluding hydrogens is 580 g/mol. The second kappa shape index (κ2) is 16.3. The molecule has 0 bridgehead atoms. The first-order chi connectivity index (χ1) is 22.0. The van der Waals surface area contributed by atoms with Crippen molar-refractivity contribution in [3.8, 4) is 17.2 Å². The molecule has 4 rings (SSSR count). The number of nitrogens with zero attached hydrogens (tertiary/aromatic N) is 1. The monoisotopic (exact) mass is 627 g/mol. The SMILES string of the molecule is CC.CCC(C)/C(=C(/C(C)=O)c1cc(-c2cccc(C(=O)NC(C)(C#N)C3CC3)c2)c(NCCCF)cc1C)c1ccc(F)cc1. The quantitative estimate of drug-likeness (QED) is 0.112. The van der Waals surface area contributed by atoms with Gasteiger partial charge in [-0.3, -0.25) is 14.0 Å². The van der Waals surface area contributed by atoms with E-state index in [2.05, 4.69) is 30.6 Å². The van der Waals surface area contributed by atoms with Crippen LogP contribution in [0.5, 0.6) is 0 Å². The van der Waals surface area contributed by atoms with E-state index in [0.29, 0.717) is 24.1 Å². The van der Waals surface area contributed by atoms with Crippen molar-refractivity contribution < 1.29 is 18.4 Å². The minimum atomic E-state index is -0.933. The van der Waals surface area contributed by atoms with E-state index in [1.54, 1.807) is 44.2 Å². The van der Waals surface area contributed by atoms with Gasteiger partial charge < -0.3 is 10.6 Å². The maximum atomic E-state index is 13.9. The van der Waals surface area contributed by atoms with Crippen LogP contribution in [-0.4, -0.2) is 30.4 Å². The molecule has 46 heavy (non-hydrogen) atoms. The van der Waals surface area contributed by atoms with Crippen LogP contribution in [0.25, 0.3) is 22.3 Å².